The molecular weight excluding hydrogens is 416 g/mol. The second-order valence-corrected chi connectivity index (χ2v) is 7.91. The first-order chi connectivity index (χ1) is 15.1. The van der Waals surface area contributed by atoms with Crippen molar-refractivity contribution in [3.63, 3.8) is 0 Å². The summed E-state index contributed by atoms with van der Waals surface area (Å²) in [5.41, 5.74) is 3.42. The Labute approximate surface area is 187 Å². The molecule has 2 aromatic carbocycles. The van der Waals surface area contributed by atoms with Gasteiger partial charge in [-0.25, -0.2) is 0 Å². The third kappa shape index (κ3) is 3.92. The average Bonchev–Trinajstić information content (AvgIpc) is 3.46. The van der Waals surface area contributed by atoms with Crippen LogP contribution in [0.15, 0.2) is 36.4 Å². The van der Waals surface area contributed by atoms with Crippen molar-refractivity contribution in [1.82, 2.24) is 9.78 Å². The third-order valence-electron chi connectivity index (χ3n) is 5.84. The minimum atomic E-state index is 0.314. The summed E-state index contributed by atoms with van der Waals surface area (Å²) in [6, 6.07) is 11.9. The maximum Gasteiger partial charge on any atom is 0.161 e. The molecule has 0 radical (unpaired) electrons. The minimum Gasteiger partial charge on any atom is -0.493 e. The summed E-state index contributed by atoms with van der Waals surface area (Å²) in [5, 5.41) is 5.59. The van der Waals surface area contributed by atoms with Crippen molar-refractivity contribution in [3.8, 4) is 45.5 Å². The maximum atomic E-state index is 6.99. The van der Waals surface area contributed by atoms with Crippen molar-refractivity contribution in [2.45, 2.75) is 31.7 Å². The van der Waals surface area contributed by atoms with Crippen LogP contribution < -0.4 is 18.9 Å². The Morgan fingerprint density at radius 3 is 1.84 bits per heavy atom. The van der Waals surface area contributed by atoms with Gasteiger partial charge in [0.05, 0.1) is 45.2 Å². The second kappa shape index (κ2) is 9.10. The molecule has 1 saturated carbocycles. The lowest BCUT2D eigenvalue weighted by Gasteiger charge is -2.16. The van der Waals surface area contributed by atoms with E-state index in [-0.39, 0.29) is 0 Å². The monoisotopic (exact) mass is 442 g/mol. The van der Waals surface area contributed by atoms with Crippen LogP contribution >= 0.6 is 11.6 Å². The molecule has 3 aromatic rings. The molecule has 1 aliphatic carbocycles. The molecule has 31 heavy (non-hydrogen) atoms. The van der Waals surface area contributed by atoms with E-state index in [1.54, 1.807) is 28.4 Å². The Morgan fingerprint density at radius 1 is 0.774 bits per heavy atom. The van der Waals surface area contributed by atoms with E-state index in [0.717, 1.165) is 35.4 Å². The number of nitrogens with zero attached hydrogens (tertiary/aromatic N) is 2. The van der Waals surface area contributed by atoms with Crippen LogP contribution in [0, 0.1) is 0 Å². The number of rotatable bonds is 7. The van der Waals surface area contributed by atoms with Gasteiger partial charge >= 0.3 is 0 Å². The van der Waals surface area contributed by atoms with Crippen LogP contribution in [0.2, 0.25) is 5.02 Å². The van der Waals surface area contributed by atoms with E-state index in [1.165, 1.54) is 12.8 Å². The zero-order chi connectivity index (χ0) is 22.0. The highest BCUT2D eigenvalue weighted by Gasteiger charge is 2.27. The topological polar surface area (TPSA) is 54.7 Å². The van der Waals surface area contributed by atoms with Gasteiger partial charge in [-0.05, 0) is 49.2 Å². The van der Waals surface area contributed by atoms with Crippen molar-refractivity contribution in [3.05, 3.63) is 41.4 Å². The van der Waals surface area contributed by atoms with Crippen LogP contribution in [-0.4, -0.2) is 38.2 Å². The fraction of sp³-hybridized carbons (Fsp3) is 0.375. The number of hydrogen-bond acceptors (Lipinski definition) is 5. The SMILES string of the molecule is COc1ccc(-c2nn(C3CCCC3)c(-c3ccc(OC)c(OC)c3)c2Cl)cc1OC. The fourth-order valence-electron chi connectivity index (χ4n) is 4.24. The van der Waals surface area contributed by atoms with Gasteiger partial charge in [-0.2, -0.15) is 5.10 Å². The Kier molecular flexibility index (Phi) is 6.28. The Hall–Kier alpha value is -2.86. The highest BCUT2D eigenvalue weighted by molar-refractivity contribution is 6.35. The first kappa shape index (κ1) is 21.4. The summed E-state index contributed by atoms with van der Waals surface area (Å²) in [6.07, 6.45) is 4.56. The third-order valence-corrected chi connectivity index (χ3v) is 6.20. The molecule has 1 fully saturated rings. The van der Waals surface area contributed by atoms with Crippen molar-refractivity contribution >= 4 is 11.6 Å². The molecule has 1 aromatic heterocycles. The van der Waals surface area contributed by atoms with Crippen molar-refractivity contribution < 1.29 is 18.9 Å². The van der Waals surface area contributed by atoms with Gasteiger partial charge in [0.25, 0.3) is 0 Å². The van der Waals surface area contributed by atoms with Gasteiger partial charge in [0, 0.05) is 11.1 Å². The molecular formula is C24H27ClN2O4. The first-order valence-electron chi connectivity index (χ1n) is 10.3. The summed E-state index contributed by atoms with van der Waals surface area (Å²) in [4.78, 5) is 0. The molecule has 0 unspecified atom stereocenters. The molecule has 7 heteroatoms. The molecule has 6 nitrogen and oxygen atoms in total. The molecule has 0 spiro atoms. The largest absolute Gasteiger partial charge is 0.493 e. The molecule has 0 saturated heterocycles. The molecule has 0 bridgehead atoms. The van der Waals surface area contributed by atoms with Crippen molar-refractivity contribution in [2.24, 2.45) is 0 Å². The summed E-state index contributed by atoms with van der Waals surface area (Å²) in [7, 11) is 6.50. The molecule has 0 aliphatic heterocycles. The Morgan fingerprint density at radius 2 is 1.29 bits per heavy atom. The predicted octanol–water partition coefficient (Wildman–Crippen LogP) is 6.02. The number of benzene rings is 2. The molecule has 0 atom stereocenters. The summed E-state index contributed by atoms with van der Waals surface area (Å²) >= 11 is 6.99. The van der Waals surface area contributed by atoms with E-state index in [9.17, 15) is 0 Å². The van der Waals surface area contributed by atoms with Gasteiger partial charge < -0.3 is 18.9 Å². The van der Waals surface area contributed by atoms with Crippen LogP contribution in [-0.2, 0) is 0 Å². The fourth-order valence-corrected chi connectivity index (χ4v) is 4.58. The molecule has 164 valence electrons. The Balaban J connectivity index is 1.88. The van der Waals surface area contributed by atoms with Gasteiger partial charge in [0.1, 0.15) is 5.69 Å². The summed E-state index contributed by atoms with van der Waals surface area (Å²) in [5.74, 6) is 2.63. The van der Waals surface area contributed by atoms with Crippen LogP contribution in [0.4, 0.5) is 0 Å². The van der Waals surface area contributed by atoms with E-state index in [2.05, 4.69) is 4.68 Å². The van der Waals surface area contributed by atoms with E-state index in [4.69, 9.17) is 35.6 Å². The number of ether oxygens (including phenoxy) is 4. The van der Waals surface area contributed by atoms with Gasteiger partial charge in [-0.1, -0.05) is 24.4 Å². The highest BCUT2D eigenvalue weighted by atomic mass is 35.5. The number of halogens is 1. The van der Waals surface area contributed by atoms with E-state index >= 15 is 0 Å². The number of hydrogen-bond donors (Lipinski definition) is 0. The van der Waals surface area contributed by atoms with Gasteiger partial charge in [-0.15, -0.1) is 0 Å². The second-order valence-electron chi connectivity index (χ2n) is 7.53. The maximum absolute atomic E-state index is 6.99. The Bertz CT molecular complexity index is 1070. The quantitative estimate of drug-likeness (QED) is 0.447. The van der Waals surface area contributed by atoms with Crippen LogP contribution in [0.1, 0.15) is 31.7 Å². The molecule has 1 heterocycles. The zero-order valence-electron chi connectivity index (χ0n) is 18.3. The normalized spacial score (nSPS) is 14.0. The van der Waals surface area contributed by atoms with Crippen molar-refractivity contribution in [1.29, 1.82) is 0 Å². The van der Waals surface area contributed by atoms with Gasteiger partial charge in [0.2, 0.25) is 0 Å². The molecule has 0 N–H and O–H groups in total. The average molecular weight is 443 g/mol. The van der Waals surface area contributed by atoms with E-state index in [1.807, 2.05) is 36.4 Å². The van der Waals surface area contributed by atoms with E-state index in [0.29, 0.717) is 34.1 Å². The summed E-state index contributed by atoms with van der Waals surface area (Å²) in [6.45, 7) is 0. The molecule has 0 amide bonds. The van der Waals surface area contributed by atoms with Gasteiger partial charge in [0.15, 0.2) is 23.0 Å². The molecule has 4 rings (SSSR count). The number of methoxy groups -OCH3 is 4. The van der Waals surface area contributed by atoms with Crippen molar-refractivity contribution in [2.75, 3.05) is 28.4 Å². The smallest absolute Gasteiger partial charge is 0.161 e. The highest BCUT2D eigenvalue weighted by Crippen LogP contribution is 2.44. The first-order valence-corrected chi connectivity index (χ1v) is 10.7. The van der Waals surface area contributed by atoms with Crippen LogP contribution in [0.5, 0.6) is 23.0 Å². The standard InChI is InChI=1S/C24H27ClN2O4/c1-28-18-11-9-15(13-20(18)30-3)23-22(25)24(27(26-23)17-7-5-6-8-17)16-10-12-19(29-2)21(14-16)31-4/h9-14,17H,5-8H2,1-4H3. The molecule has 1 aliphatic rings. The predicted molar refractivity (Wildman–Crippen MR) is 122 cm³/mol. The lowest BCUT2D eigenvalue weighted by molar-refractivity contribution is 0.355. The zero-order valence-corrected chi connectivity index (χ0v) is 19.0. The summed E-state index contributed by atoms with van der Waals surface area (Å²) < 4.78 is 23.9. The lowest BCUT2D eigenvalue weighted by Crippen LogP contribution is -2.08. The van der Waals surface area contributed by atoms with Gasteiger partial charge in [-0.3, -0.25) is 4.68 Å². The van der Waals surface area contributed by atoms with E-state index < -0.39 is 0 Å². The lowest BCUT2D eigenvalue weighted by atomic mass is 10.1. The van der Waals surface area contributed by atoms with Crippen LogP contribution in [0.25, 0.3) is 22.5 Å². The minimum absolute atomic E-state index is 0.314. The van der Waals surface area contributed by atoms with Crippen LogP contribution in [0.3, 0.4) is 0 Å². The number of aromatic nitrogens is 2.